The molecule has 0 bridgehead atoms. The summed E-state index contributed by atoms with van der Waals surface area (Å²) in [5.74, 6) is 0.701. The SMILES string of the molecule is CC1=N/C(=C\c2ccccc2)C(=O)N1c1ccc(CC(=O)CCc2ccccc2)cc1. The molecule has 4 heteroatoms. The summed E-state index contributed by atoms with van der Waals surface area (Å²) >= 11 is 0. The second-order valence-electron chi connectivity index (χ2n) is 7.61. The third-order valence-electron chi connectivity index (χ3n) is 5.26. The first-order chi connectivity index (χ1) is 15.1. The predicted octanol–water partition coefficient (Wildman–Crippen LogP) is 5.24. The molecule has 1 amide bonds. The van der Waals surface area contributed by atoms with Crippen molar-refractivity contribution >= 4 is 29.3 Å². The lowest BCUT2D eigenvalue weighted by atomic mass is 10.0. The lowest BCUT2D eigenvalue weighted by Crippen LogP contribution is -2.30. The van der Waals surface area contributed by atoms with Gasteiger partial charge in [-0.25, -0.2) is 4.99 Å². The molecule has 0 saturated heterocycles. The Bertz CT molecular complexity index is 1130. The lowest BCUT2D eigenvalue weighted by molar-refractivity contribution is -0.118. The van der Waals surface area contributed by atoms with E-state index in [4.69, 9.17) is 0 Å². The fourth-order valence-corrected chi connectivity index (χ4v) is 3.65. The summed E-state index contributed by atoms with van der Waals surface area (Å²) in [5, 5.41) is 0. The van der Waals surface area contributed by atoms with Gasteiger partial charge in [-0.05, 0) is 48.2 Å². The molecule has 1 aliphatic rings. The van der Waals surface area contributed by atoms with E-state index < -0.39 is 0 Å². The molecule has 1 aliphatic heterocycles. The minimum Gasteiger partial charge on any atom is -0.299 e. The molecular formula is C27H24N2O2. The molecule has 0 atom stereocenters. The number of rotatable bonds is 7. The van der Waals surface area contributed by atoms with E-state index >= 15 is 0 Å². The topological polar surface area (TPSA) is 49.7 Å². The summed E-state index contributed by atoms with van der Waals surface area (Å²) in [5.41, 5.74) is 4.23. The monoisotopic (exact) mass is 408 g/mol. The molecule has 0 radical (unpaired) electrons. The summed E-state index contributed by atoms with van der Waals surface area (Å²) in [6.45, 7) is 1.82. The zero-order valence-corrected chi connectivity index (χ0v) is 17.5. The quantitative estimate of drug-likeness (QED) is 0.502. The molecule has 0 aromatic heterocycles. The molecule has 4 nitrogen and oxygen atoms in total. The Morgan fingerprint density at radius 2 is 1.52 bits per heavy atom. The van der Waals surface area contributed by atoms with E-state index in [9.17, 15) is 9.59 Å². The number of amides is 1. The van der Waals surface area contributed by atoms with Crippen molar-refractivity contribution in [3.8, 4) is 0 Å². The van der Waals surface area contributed by atoms with Gasteiger partial charge in [0.2, 0.25) is 0 Å². The molecule has 3 aromatic rings. The van der Waals surface area contributed by atoms with Gasteiger partial charge in [-0.2, -0.15) is 0 Å². The normalized spacial score (nSPS) is 14.7. The van der Waals surface area contributed by atoms with E-state index in [1.54, 1.807) is 11.0 Å². The Morgan fingerprint density at radius 3 is 2.19 bits per heavy atom. The number of carbonyl (C=O) groups excluding carboxylic acids is 2. The molecular weight excluding hydrogens is 384 g/mol. The number of ketones is 1. The number of aliphatic imine (C=N–C) groups is 1. The van der Waals surface area contributed by atoms with Crippen LogP contribution in [-0.4, -0.2) is 17.5 Å². The van der Waals surface area contributed by atoms with Crippen molar-refractivity contribution in [2.75, 3.05) is 4.90 Å². The smallest absolute Gasteiger partial charge is 0.282 e. The number of benzene rings is 3. The van der Waals surface area contributed by atoms with Crippen LogP contribution in [0.4, 0.5) is 5.69 Å². The van der Waals surface area contributed by atoms with Gasteiger partial charge in [0.1, 0.15) is 17.3 Å². The van der Waals surface area contributed by atoms with Crippen LogP contribution in [0.5, 0.6) is 0 Å². The minimum absolute atomic E-state index is 0.145. The van der Waals surface area contributed by atoms with Gasteiger partial charge in [-0.1, -0.05) is 72.8 Å². The molecule has 31 heavy (non-hydrogen) atoms. The van der Waals surface area contributed by atoms with Crippen molar-refractivity contribution < 1.29 is 9.59 Å². The number of hydrogen-bond donors (Lipinski definition) is 0. The average molecular weight is 409 g/mol. The number of nitrogens with zero attached hydrogens (tertiary/aromatic N) is 2. The molecule has 4 rings (SSSR count). The van der Waals surface area contributed by atoms with Crippen LogP contribution in [0.3, 0.4) is 0 Å². The Labute approximate surface area is 182 Å². The second kappa shape index (κ2) is 9.35. The maximum Gasteiger partial charge on any atom is 0.282 e. The van der Waals surface area contributed by atoms with Crippen LogP contribution in [0, 0.1) is 0 Å². The van der Waals surface area contributed by atoms with Gasteiger partial charge in [0, 0.05) is 12.8 Å². The average Bonchev–Trinajstić information content (AvgIpc) is 3.07. The van der Waals surface area contributed by atoms with E-state index in [1.807, 2.05) is 91.9 Å². The molecule has 154 valence electrons. The summed E-state index contributed by atoms with van der Waals surface area (Å²) < 4.78 is 0. The van der Waals surface area contributed by atoms with Crippen LogP contribution in [-0.2, 0) is 22.4 Å². The molecule has 1 heterocycles. The molecule has 0 spiro atoms. The van der Waals surface area contributed by atoms with Crippen LogP contribution in [0.2, 0.25) is 0 Å². The van der Waals surface area contributed by atoms with E-state index in [0.717, 1.165) is 23.2 Å². The van der Waals surface area contributed by atoms with Crippen molar-refractivity contribution in [1.29, 1.82) is 0 Å². The van der Waals surface area contributed by atoms with Crippen molar-refractivity contribution in [3.63, 3.8) is 0 Å². The largest absolute Gasteiger partial charge is 0.299 e. The van der Waals surface area contributed by atoms with Gasteiger partial charge in [-0.15, -0.1) is 0 Å². The highest BCUT2D eigenvalue weighted by atomic mass is 16.2. The molecule has 3 aromatic carbocycles. The third-order valence-corrected chi connectivity index (χ3v) is 5.26. The second-order valence-corrected chi connectivity index (χ2v) is 7.61. The summed E-state index contributed by atoms with van der Waals surface area (Å²) in [6, 6.07) is 27.3. The van der Waals surface area contributed by atoms with Crippen molar-refractivity contribution in [3.05, 3.63) is 107 Å². The van der Waals surface area contributed by atoms with Crippen LogP contribution >= 0.6 is 0 Å². The number of aryl methyl sites for hydroxylation is 1. The van der Waals surface area contributed by atoms with Crippen molar-refractivity contribution in [2.24, 2.45) is 4.99 Å². The number of carbonyl (C=O) groups is 2. The minimum atomic E-state index is -0.145. The highest BCUT2D eigenvalue weighted by molar-refractivity contribution is 6.28. The van der Waals surface area contributed by atoms with Crippen molar-refractivity contribution in [2.45, 2.75) is 26.2 Å². The zero-order chi connectivity index (χ0) is 21.6. The highest BCUT2D eigenvalue weighted by Crippen LogP contribution is 2.25. The van der Waals surface area contributed by atoms with Gasteiger partial charge in [-0.3, -0.25) is 14.5 Å². The predicted molar refractivity (Wildman–Crippen MR) is 125 cm³/mol. The fourth-order valence-electron chi connectivity index (χ4n) is 3.65. The number of amidine groups is 1. The molecule has 0 saturated carbocycles. The third kappa shape index (κ3) is 5.04. The van der Waals surface area contributed by atoms with Crippen LogP contribution < -0.4 is 4.90 Å². The number of hydrogen-bond acceptors (Lipinski definition) is 3. The fraction of sp³-hybridized carbons (Fsp3) is 0.148. The maximum absolute atomic E-state index is 12.9. The van der Waals surface area contributed by atoms with Crippen LogP contribution in [0.1, 0.15) is 30.0 Å². The first-order valence-electron chi connectivity index (χ1n) is 10.4. The Kier molecular flexibility index (Phi) is 6.18. The van der Waals surface area contributed by atoms with Crippen molar-refractivity contribution in [1.82, 2.24) is 0 Å². The molecule has 0 unspecified atom stereocenters. The summed E-state index contributed by atoms with van der Waals surface area (Å²) in [4.78, 5) is 31.3. The van der Waals surface area contributed by atoms with E-state index in [2.05, 4.69) is 4.99 Å². The van der Waals surface area contributed by atoms with E-state index in [1.165, 1.54) is 5.56 Å². The maximum atomic E-state index is 12.9. The van der Waals surface area contributed by atoms with Gasteiger partial charge >= 0.3 is 0 Å². The molecule has 0 aliphatic carbocycles. The molecule has 0 fully saturated rings. The van der Waals surface area contributed by atoms with Crippen LogP contribution in [0.15, 0.2) is 95.6 Å². The van der Waals surface area contributed by atoms with Gasteiger partial charge < -0.3 is 0 Å². The number of anilines is 1. The Hall–Kier alpha value is -3.79. The van der Waals surface area contributed by atoms with E-state index in [-0.39, 0.29) is 11.7 Å². The van der Waals surface area contributed by atoms with Gasteiger partial charge in [0.25, 0.3) is 5.91 Å². The van der Waals surface area contributed by atoms with Crippen LogP contribution in [0.25, 0.3) is 6.08 Å². The zero-order valence-electron chi connectivity index (χ0n) is 17.5. The number of Topliss-reactive ketones (excluding diaryl/α,β-unsaturated/α-hetero) is 1. The standard InChI is InChI=1S/C27H24N2O2/c1-20-28-26(19-22-10-6-3-7-11-22)27(31)29(20)24-15-12-23(13-16-24)18-25(30)17-14-21-8-4-2-5-9-21/h2-13,15-16,19H,14,17-18H2,1H3/b26-19-. The highest BCUT2D eigenvalue weighted by Gasteiger charge is 2.28. The lowest BCUT2D eigenvalue weighted by Gasteiger charge is -2.16. The van der Waals surface area contributed by atoms with E-state index in [0.29, 0.717) is 24.4 Å². The van der Waals surface area contributed by atoms with Gasteiger partial charge in [0.15, 0.2) is 0 Å². The Balaban J connectivity index is 1.40. The van der Waals surface area contributed by atoms with Gasteiger partial charge in [0.05, 0.1) is 5.69 Å². The first-order valence-corrected chi connectivity index (χ1v) is 10.4. The summed E-state index contributed by atoms with van der Waals surface area (Å²) in [7, 11) is 0. The summed E-state index contributed by atoms with van der Waals surface area (Å²) in [6.07, 6.45) is 3.47. The Morgan fingerprint density at radius 1 is 0.871 bits per heavy atom. The first kappa shape index (κ1) is 20.5. The molecule has 0 N–H and O–H groups in total.